The van der Waals surface area contributed by atoms with E-state index in [9.17, 15) is 14.7 Å². The van der Waals surface area contributed by atoms with E-state index in [1.54, 1.807) is 18.2 Å². The number of carbonyl (C=O) groups is 2. The molecule has 0 saturated heterocycles. The zero-order valence-electron chi connectivity index (χ0n) is 10.2. The largest absolute Gasteiger partial charge is 0.550 e. The van der Waals surface area contributed by atoms with E-state index < -0.39 is 11.9 Å². The molecule has 0 aliphatic carbocycles. The number of rotatable bonds is 6. The summed E-state index contributed by atoms with van der Waals surface area (Å²) in [4.78, 5) is 21.7. The highest BCUT2D eigenvalue weighted by Gasteiger charge is 2.08. The lowest BCUT2D eigenvalue weighted by Gasteiger charge is -2.11. The lowest BCUT2D eigenvalue weighted by molar-refractivity contribution is -0.305. The van der Waals surface area contributed by atoms with Crippen LogP contribution in [-0.2, 0) is 9.59 Å². The third-order valence-electron chi connectivity index (χ3n) is 2.24. The second kappa shape index (κ2) is 6.48. The van der Waals surface area contributed by atoms with Crippen LogP contribution in [-0.4, -0.2) is 26.1 Å². The molecule has 98 valence electrons. The monoisotopic (exact) mass is 252 g/mol. The first-order valence-electron chi connectivity index (χ1n) is 5.28. The number of nitrogens with one attached hydrogen (secondary N) is 1. The minimum Gasteiger partial charge on any atom is -0.550 e. The van der Waals surface area contributed by atoms with Crippen LogP contribution in [0.4, 0.5) is 5.69 Å². The average Bonchev–Trinajstić information content (AvgIpc) is 2.36. The molecule has 0 radical (unpaired) electrons. The topological polar surface area (TPSA) is 87.7 Å². The maximum absolute atomic E-state index is 11.5. The van der Waals surface area contributed by atoms with Crippen LogP contribution in [0.15, 0.2) is 18.2 Å². The number of hydrogen-bond donors (Lipinski definition) is 1. The number of benzene rings is 1. The van der Waals surface area contributed by atoms with Gasteiger partial charge < -0.3 is 24.7 Å². The van der Waals surface area contributed by atoms with Crippen molar-refractivity contribution >= 4 is 17.6 Å². The minimum absolute atomic E-state index is 0.141. The summed E-state index contributed by atoms with van der Waals surface area (Å²) in [5.41, 5.74) is 0.460. The molecule has 6 nitrogen and oxygen atoms in total. The van der Waals surface area contributed by atoms with Gasteiger partial charge in [0.15, 0.2) is 0 Å². The summed E-state index contributed by atoms with van der Waals surface area (Å²) in [5.74, 6) is -0.634. The number of aliphatic carboxylic acids is 1. The van der Waals surface area contributed by atoms with Gasteiger partial charge in [-0.05, 0) is 18.6 Å². The zero-order chi connectivity index (χ0) is 13.5. The summed E-state index contributed by atoms with van der Waals surface area (Å²) >= 11 is 0. The highest BCUT2D eigenvalue weighted by molar-refractivity contribution is 5.93. The Morgan fingerprint density at radius 3 is 2.50 bits per heavy atom. The Kier molecular flexibility index (Phi) is 4.98. The molecule has 0 bridgehead atoms. The number of carboxylic acid groups (broad SMARTS) is 1. The van der Waals surface area contributed by atoms with Gasteiger partial charge in [0, 0.05) is 18.5 Å². The Morgan fingerprint density at radius 1 is 1.22 bits per heavy atom. The molecule has 18 heavy (non-hydrogen) atoms. The van der Waals surface area contributed by atoms with Gasteiger partial charge in [-0.2, -0.15) is 0 Å². The summed E-state index contributed by atoms with van der Waals surface area (Å²) in [7, 11) is 2.98. The highest BCUT2D eigenvalue weighted by atomic mass is 16.5. The van der Waals surface area contributed by atoms with Gasteiger partial charge in [0.1, 0.15) is 11.5 Å². The molecule has 0 aliphatic heterocycles. The van der Waals surface area contributed by atoms with Crippen molar-refractivity contribution < 1.29 is 24.2 Å². The smallest absolute Gasteiger partial charge is 0.224 e. The van der Waals surface area contributed by atoms with E-state index in [4.69, 9.17) is 9.47 Å². The Bertz CT molecular complexity index is 444. The lowest BCUT2D eigenvalue weighted by Crippen LogP contribution is -2.24. The lowest BCUT2D eigenvalue weighted by atomic mass is 10.2. The van der Waals surface area contributed by atoms with E-state index in [2.05, 4.69) is 5.32 Å². The van der Waals surface area contributed by atoms with E-state index in [-0.39, 0.29) is 12.8 Å². The van der Waals surface area contributed by atoms with Crippen molar-refractivity contribution in [2.75, 3.05) is 19.5 Å². The van der Waals surface area contributed by atoms with Crippen LogP contribution < -0.4 is 19.9 Å². The molecule has 0 heterocycles. The quantitative estimate of drug-likeness (QED) is 0.779. The van der Waals surface area contributed by atoms with Crippen LogP contribution in [0.25, 0.3) is 0 Å². The van der Waals surface area contributed by atoms with Crippen molar-refractivity contribution in [2.24, 2.45) is 0 Å². The summed E-state index contributed by atoms with van der Waals surface area (Å²) in [6.07, 6.45) is -0.457. The first kappa shape index (κ1) is 13.8. The number of amides is 1. The van der Waals surface area contributed by atoms with Crippen molar-refractivity contribution in [2.45, 2.75) is 12.8 Å². The molecule has 0 saturated carbocycles. The van der Waals surface area contributed by atoms with Gasteiger partial charge in [-0.15, -0.1) is 0 Å². The van der Waals surface area contributed by atoms with E-state index in [0.717, 1.165) is 0 Å². The maximum Gasteiger partial charge on any atom is 0.224 e. The van der Waals surface area contributed by atoms with Gasteiger partial charge in [0.05, 0.1) is 19.9 Å². The molecule has 6 heteroatoms. The number of methoxy groups -OCH3 is 2. The van der Waals surface area contributed by atoms with Crippen molar-refractivity contribution in [3.05, 3.63) is 18.2 Å². The Balaban J connectivity index is 2.71. The standard InChI is InChI=1S/C12H15NO5/c1-17-8-3-4-9(10(7-8)18-2)13-11(14)5-6-12(15)16/h3-4,7H,5-6H2,1-2H3,(H,13,14)(H,15,16)/p-1. The fourth-order valence-electron chi connectivity index (χ4n) is 1.33. The third-order valence-corrected chi connectivity index (χ3v) is 2.24. The molecule has 1 amide bonds. The molecule has 0 unspecified atom stereocenters. The van der Waals surface area contributed by atoms with Crippen LogP contribution in [0.5, 0.6) is 11.5 Å². The van der Waals surface area contributed by atoms with E-state index in [1.807, 2.05) is 0 Å². The minimum atomic E-state index is -1.26. The number of anilines is 1. The highest BCUT2D eigenvalue weighted by Crippen LogP contribution is 2.29. The molecule has 0 spiro atoms. The first-order chi connectivity index (χ1) is 8.56. The maximum atomic E-state index is 11.5. The molecule has 0 atom stereocenters. The molecule has 0 aliphatic rings. The van der Waals surface area contributed by atoms with Crippen molar-refractivity contribution in [3.8, 4) is 11.5 Å². The molecule has 0 aromatic heterocycles. The predicted octanol–water partition coefficient (Wildman–Crippen LogP) is 0.172. The van der Waals surface area contributed by atoms with Crippen LogP contribution >= 0.6 is 0 Å². The first-order valence-corrected chi connectivity index (χ1v) is 5.28. The Hall–Kier alpha value is -2.24. The fraction of sp³-hybridized carbons (Fsp3) is 0.333. The Morgan fingerprint density at radius 2 is 1.94 bits per heavy atom. The summed E-state index contributed by atoms with van der Waals surface area (Å²) < 4.78 is 10.1. The van der Waals surface area contributed by atoms with Gasteiger partial charge in [-0.25, -0.2) is 0 Å². The SMILES string of the molecule is COc1ccc(NC(=O)CCC(=O)[O-])c(OC)c1. The summed E-state index contributed by atoms with van der Waals surface area (Å²) in [6, 6.07) is 4.90. The zero-order valence-corrected chi connectivity index (χ0v) is 10.2. The molecule has 0 fully saturated rings. The van der Waals surface area contributed by atoms with Crippen molar-refractivity contribution in [3.63, 3.8) is 0 Å². The molecular weight excluding hydrogens is 238 g/mol. The normalized spacial score (nSPS) is 9.67. The van der Waals surface area contributed by atoms with Crippen LogP contribution in [0.1, 0.15) is 12.8 Å². The summed E-state index contributed by atoms with van der Waals surface area (Å²) in [5, 5.41) is 12.8. The molecule has 1 N–H and O–H groups in total. The van der Waals surface area contributed by atoms with E-state index in [0.29, 0.717) is 17.2 Å². The number of hydrogen-bond acceptors (Lipinski definition) is 5. The molecule has 1 aromatic carbocycles. The van der Waals surface area contributed by atoms with Gasteiger partial charge in [0.2, 0.25) is 5.91 Å². The average molecular weight is 252 g/mol. The third kappa shape index (κ3) is 3.97. The van der Waals surface area contributed by atoms with E-state index >= 15 is 0 Å². The van der Waals surface area contributed by atoms with Crippen LogP contribution in [0.2, 0.25) is 0 Å². The van der Waals surface area contributed by atoms with Gasteiger partial charge in [0.25, 0.3) is 0 Å². The summed E-state index contributed by atoms with van der Waals surface area (Å²) in [6.45, 7) is 0. The number of carboxylic acids is 1. The van der Waals surface area contributed by atoms with Crippen LogP contribution in [0.3, 0.4) is 0 Å². The second-order valence-corrected chi connectivity index (χ2v) is 3.49. The fourth-order valence-corrected chi connectivity index (χ4v) is 1.33. The number of carbonyl (C=O) groups excluding carboxylic acids is 2. The molecular formula is C12H14NO5-. The Labute approximate surface area is 105 Å². The van der Waals surface area contributed by atoms with Crippen LogP contribution in [0, 0.1) is 0 Å². The predicted molar refractivity (Wildman–Crippen MR) is 62.4 cm³/mol. The number of ether oxygens (including phenoxy) is 2. The van der Waals surface area contributed by atoms with Gasteiger partial charge in [-0.1, -0.05) is 0 Å². The second-order valence-electron chi connectivity index (χ2n) is 3.49. The molecule has 1 rings (SSSR count). The van der Waals surface area contributed by atoms with E-state index in [1.165, 1.54) is 14.2 Å². The van der Waals surface area contributed by atoms with Gasteiger partial charge in [-0.3, -0.25) is 4.79 Å². The molecule has 1 aromatic rings. The van der Waals surface area contributed by atoms with Crippen molar-refractivity contribution in [1.82, 2.24) is 0 Å². The van der Waals surface area contributed by atoms with Gasteiger partial charge >= 0.3 is 0 Å². The van der Waals surface area contributed by atoms with Crippen molar-refractivity contribution in [1.29, 1.82) is 0 Å².